The second-order valence-corrected chi connectivity index (χ2v) is 4.97. The highest BCUT2D eigenvalue weighted by Gasteiger charge is 2.41. The quantitative estimate of drug-likeness (QED) is 0.871. The van der Waals surface area contributed by atoms with Gasteiger partial charge in [-0.3, -0.25) is 4.68 Å². The van der Waals surface area contributed by atoms with E-state index in [0.717, 1.165) is 18.5 Å². The summed E-state index contributed by atoms with van der Waals surface area (Å²) < 4.78 is 7.74. The van der Waals surface area contributed by atoms with Crippen LogP contribution < -0.4 is 5.32 Å². The fourth-order valence-corrected chi connectivity index (χ4v) is 3.03. The number of nitrogens with one attached hydrogen (secondary N) is 1. The highest BCUT2D eigenvalue weighted by Crippen LogP contribution is 2.40. The van der Waals surface area contributed by atoms with E-state index >= 15 is 0 Å². The Balaban J connectivity index is 2.26. The molecular formula is C13H23N3O. The molecular weight excluding hydrogens is 214 g/mol. The third kappa shape index (κ3) is 2.38. The van der Waals surface area contributed by atoms with Crippen LogP contribution in [-0.2, 0) is 11.8 Å². The standard InChI is InChI=1S/C13H23N3O/c1-14-12(11-7-10-16(2)15-11)13(17-3)8-5-4-6-9-13/h7,10,12,14H,4-6,8-9H2,1-3H3. The van der Waals surface area contributed by atoms with Gasteiger partial charge in [0.1, 0.15) is 0 Å². The molecule has 1 aliphatic rings. The number of ether oxygens (including phenoxy) is 1. The highest BCUT2D eigenvalue weighted by atomic mass is 16.5. The van der Waals surface area contributed by atoms with Crippen LogP contribution >= 0.6 is 0 Å². The van der Waals surface area contributed by atoms with Gasteiger partial charge in [0.15, 0.2) is 0 Å². The summed E-state index contributed by atoms with van der Waals surface area (Å²) in [5.41, 5.74) is 1.00. The van der Waals surface area contributed by atoms with E-state index in [1.165, 1.54) is 19.3 Å². The molecule has 0 aliphatic heterocycles. The summed E-state index contributed by atoms with van der Waals surface area (Å²) in [6.07, 6.45) is 8.05. The van der Waals surface area contributed by atoms with E-state index in [1.807, 2.05) is 32.1 Å². The Morgan fingerprint density at radius 1 is 1.41 bits per heavy atom. The minimum atomic E-state index is -0.0820. The van der Waals surface area contributed by atoms with Gasteiger partial charge in [0, 0.05) is 20.4 Å². The second-order valence-electron chi connectivity index (χ2n) is 4.97. The third-order valence-electron chi connectivity index (χ3n) is 3.95. The number of nitrogens with zero attached hydrogens (tertiary/aromatic N) is 2. The minimum Gasteiger partial charge on any atom is -0.376 e. The topological polar surface area (TPSA) is 39.1 Å². The fraction of sp³-hybridized carbons (Fsp3) is 0.769. The van der Waals surface area contributed by atoms with Crippen LogP contribution in [0.1, 0.15) is 43.8 Å². The Morgan fingerprint density at radius 2 is 2.12 bits per heavy atom. The molecule has 1 aliphatic carbocycles. The molecule has 1 heterocycles. The fourth-order valence-electron chi connectivity index (χ4n) is 3.03. The summed E-state index contributed by atoms with van der Waals surface area (Å²) in [4.78, 5) is 0. The van der Waals surface area contributed by atoms with Gasteiger partial charge >= 0.3 is 0 Å². The van der Waals surface area contributed by atoms with Gasteiger partial charge in [0.2, 0.25) is 0 Å². The van der Waals surface area contributed by atoms with E-state index in [1.54, 1.807) is 0 Å². The monoisotopic (exact) mass is 237 g/mol. The number of methoxy groups -OCH3 is 1. The molecule has 0 saturated heterocycles. The van der Waals surface area contributed by atoms with Crippen molar-refractivity contribution in [1.29, 1.82) is 0 Å². The smallest absolute Gasteiger partial charge is 0.0888 e. The third-order valence-corrected chi connectivity index (χ3v) is 3.95. The minimum absolute atomic E-state index is 0.0820. The lowest BCUT2D eigenvalue weighted by Gasteiger charge is -2.41. The number of rotatable bonds is 4. The average molecular weight is 237 g/mol. The molecule has 96 valence electrons. The van der Waals surface area contributed by atoms with Gasteiger partial charge in [-0.15, -0.1) is 0 Å². The van der Waals surface area contributed by atoms with Gasteiger partial charge in [0.25, 0.3) is 0 Å². The first-order valence-electron chi connectivity index (χ1n) is 6.44. The normalized spacial score (nSPS) is 21.4. The van der Waals surface area contributed by atoms with Crippen molar-refractivity contribution in [1.82, 2.24) is 15.1 Å². The SMILES string of the molecule is CNC(c1ccn(C)n1)C1(OC)CCCCC1. The van der Waals surface area contributed by atoms with Crippen LogP contribution in [0.2, 0.25) is 0 Å². The van der Waals surface area contributed by atoms with Gasteiger partial charge < -0.3 is 10.1 Å². The summed E-state index contributed by atoms with van der Waals surface area (Å²) in [6.45, 7) is 0. The molecule has 0 bridgehead atoms. The lowest BCUT2D eigenvalue weighted by molar-refractivity contribution is -0.0681. The second kappa shape index (κ2) is 5.19. The first-order chi connectivity index (χ1) is 8.22. The molecule has 1 unspecified atom stereocenters. The summed E-state index contributed by atoms with van der Waals surface area (Å²) in [5.74, 6) is 0. The molecule has 1 saturated carbocycles. The molecule has 0 radical (unpaired) electrons. The average Bonchev–Trinajstić information content (AvgIpc) is 2.78. The zero-order chi connectivity index (χ0) is 12.3. The highest BCUT2D eigenvalue weighted by molar-refractivity contribution is 5.13. The van der Waals surface area contributed by atoms with E-state index in [2.05, 4.69) is 16.5 Å². The van der Waals surface area contributed by atoms with Crippen molar-refractivity contribution < 1.29 is 4.74 Å². The van der Waals surface area contributed by atoms with E-state index in [0.29, 0.717) is 0 Å². The molecule has 1 aromatic rings. The number of aromatic nitrogens is 2. The van der Waals surface area contributed by atoms with Crippen molar-refractivity contribution in [3.8, 4) is 0 Å². The van der Waals surface area contributed by atoms with Crippen LogP contribution in [0.15, 0.2) is 12.3 Å². The van der Waals surface area contributed by atoms with E-state index in [9.17, 15) is 0 Å². The Morgan fingerprint density at radius 3 is 2.59 bits per heavy atom. The van der Waals surface area contributed by atoms with Crippen molar-refractivity contribution in [2.24, 2.45) is 7.05 Å². The molecule has 0 amide bonds. The van der Waals surface area contributed by atoms with Crippen LogP contribution in [0.5, 0.6) is 0 Å². The zero-order valence-electron chi connectivity index (χ0n) is 11.1. The maximum atomic E-state index is 5.88. The van der Waals surface area contributed by atoms with Crippen molar-refractivity contribution >= 4 is 0 Å². The number of hydrogen-bond donors (Lipinski definition) is 1. The summed E-state index contributed by atoms with van der Waals surface area (Å²) in [7, 11) is 5.78. The molecule has 4 heteroatoms. The predicted molar refractivity (Wildman–Crippen MR) is 67.8 cm³/mol. The molecule has 1 atom stereocenters. The van der Waals surface area contributed by atoms with E-state index in [-0.39, 0.29) is 11.6 Å². The molecule has 17 heavy (non-hydrogen) atoms. The maximum absolute atomic E-state index is 5.88. The summed E-state index contributed by atoms with van der Waals surface area (Å²) in [6, 6.07) is 2.27. The first-order valence-corrected chi connectivity index (χ1v) is 6.44. The zero-order valence-corrected chi connectivity index (χ0v) is 11.1. The van der Waals surface area contributed by atoms with Crippen molar-refractivity contribution in [3.63, 3.8) is 0 Å². The molecule has 2 rings (SSSR count). The van der Waals surface area contributed by atoms with Crippen LogP contribution in [0.25, 0.3) is 0 Å². The number of likely N-dealkylation sites (N-methyl/N-ethyl adjacent to an activating group) is 1. The maximum Gasteiger partial charge on any atom is 0.0888 e. The van der Waals surface area contributed by atoms with E-state index in [4.69, 9.17) is 4.74 Å². The molecule has 1 N–H and O–H groups in total. The van der Waals surface area contributed by atoms with E-state index < -0.39 is 0 Å². The van der Waals surface area contributed by atoms with Gasteiger partial charge in [0.05, 0.1) is 17.3 Å². The van der Waals surface area contributed by atoms with Gasteiger partial charge in [-0.25, -0.2) is 0 Å². The van der Waals surface area contributed by atoms with Crippen molar-refractivity contribution in [2.75, 3.05) is 14.2 Å². The molecule has 1 fully saturated rings. The van der Waals surface area contributed by atoms with Crippen LogP contribution in [0.4, 0.5) is 0 Å². The van der Waals surface area contributed by atoms with Gasteiger partial charge in [-0.1, -0.05) is 19.3 Å². The van der Waals surface area contributed by atoms with Gasteiger partial charge in [-0.2, -0.15) is 5.10 Å². The van der Waals surface area contributed by atoms with Crippen molar-refractivity contribution in [3.05, 3.63) is 18.0 Å². The Hall–Kier alpha value is -0.870. The summed E-state index contributed by atoms with van der Waals surface area (Å²) >= 11 is 0. The number of hydrogen-bond acceptors (Lipinski definition) is 3. The largest absolute Gasteiger partial charge is 0.376 e. The van der Waals surface area contributed by atoms with Gasteiger partial charge in [-0.05, 0) is 26.0 Å². The summed E-state index contributed by atoms with van der Waals surface area (Å²) in [5, 5.41) is 7.92. The Labute approximate surface area is 103 Å². The predicted octanol–water partition coefficient (Wildman–Crippen LogP) is 2.03. The first kappa shape index (κ1) is 12.6. The Kier molecular flexibility index (Phi) is 3.84. The Bertz CT molecular complexity index is 355. The lowest BCUT2D eigenvalue weighted by Crippen LogP contribution is -2.46. The molecule has 1 aromatic heterocycles. The molecule has 4 nitrogen and oxygen atoms in total. The van der Waals surface area contributed by atoms with Crippen LogP contribution in [0.3, 0.4) is 0 Å². The molecule has 0 aromatic carbocycles. The lowest BCUT2D eigenvalue weighted by atomic mass is 9.78. The van der Waals surface area contributed by atoms with Crippen molar-refractivity contribution in [2.45, 2.75) is 43.7 Å². The number of aryl methyl sites for hydroxylation is 1. The molecule has 0 spiro atoms. The van der Waals surface area contributed by atoms with Crippen LogP contribution in [0, 0.1) is 0 Å². The van der Waals surface area contributed by atoms with Crippen LogP contribution in [-0.4, -0.2) is 29.5 Å².